The van der Waals surface area contributed by atoms with Crippen LogP contribution in [0.15, 0.2) is 12.4 Å². The standard InChI is InChI=1S/C10H10ClF3N4O/c11-7-3-15-4-8(17-7)16-6-1-2-18(9(6)19)5-10(12,13)14/h3-4,6H,1-2,5H2,(H,16,17). The van der Waals surface area contributed by atoms with Gasteiger partial charge in [0.25, 0.3) is 0 Å². The summed E-state index contributed by atoms with van der Waals surface area (Å²) >= 11 is 5.62. The van der Waals surface area contributed by atoms with Gasteiger partial charge in [-0.15, -0.1) is 0 Å². The zero-order valence-electron chi connectivity index (χ0n) is 9.62. The summed E-state index contributed by atoms with van der Waals surface area (Å²) in [6, 6.07) is -0.727. The lowest BCUT2D eigenvalue weighted by Gasteiger charge is -2.18. The van der Waals surface area contributed by atoms with E-state index in [2.05, 4.69) is 15.3 Å². The Morgan fingerprint density at radius 3 is 2.84 bits per heavy atom. The van der Waals surface area contributed by atoms with E-state index < -0.39 is 24.7 Å². The topological polar surface area (TPSA) is 58.1 Å². The van der Waals surface area contributed by atoms with Crippen molar-refractivity contribution in [3.8, 4) is 0 Å². The summed E-state index contributed by atoms with van der Waals surface area (Å²) in [6.07, 6.45) is -1.44. The number of anilines is 1. The molecule has 1 aliphatic heterocycles. The van der Waals surface area contributed by atoms with Gasteiger partial charge < -0.3 is 10.2 Å². The lowest BCUT2D eigenvalue weighted by Crippen LogP contribution is -2.39. The monoisotopic (exact) mass is 294 g/mol. The first-order chi connectivity index (χ1) is 8.85. The van der Waals surface area contributed by atoms with Crippen LogP contribution in [-0.4, -0.2) is 46.1 Å². The molecule has 1 aromatic heterocycles. The van der Waals surface area contributed by atoms with Crippen molar-refractivity contribution in [3.63, 3.8) is 0 Å². The van der Waals surface area contributed by atoms with Gasteiger partial charge in [-0.2, -0.15) is 13.2 Å². The number of aromatic nitrogens is 2. The predicted molar refractivity (Wildman–Crippen MR) is 61.7 cm³/mol. The van der Waals surface area contributed by atoms with E-state index in [-0.39, 0.29) is 23.9 Å². The first kappa shape index (κ1) is 13.9. The van der Waals surface area contributed by atoms with Gasteiger partial charge in [0.15, 0.2) is 0 Å². The van der Waals surface area contributed by atoms with Crippen LogP contribution in [0.3, 0.4) is 0 Å². The summed E-state index contributed by atoms with van der Waals surface area (Å²) in [7, 11) is 0. The maximum atomic E-state index is 12.2. The van der Waals surface area contributed by atoms with Crippen molar-refractivity contribution < 1.29 is 18.0 Å². The Bertz CT molecular complexity index is 482. The number of carbonyl (C=O) groups excluding carboxylic acids is 1. The third kappa shape index (κ3) is 3.69. The Balaban J connectivity index is 1.98. The van der Waals surface area contributed by atoms with Crippen molar-refractivity contribution in [1.29, 1.82) is 0 Å². The number of rotatable bonds is 3. The number of nitrogens with zero attached hydrogens (tertiary/aromatic N) is 3. The predicted octanol–water partition coefficient (Wildman–Crippen LogP) is 1.71. The molecule has 1 unspecified atom stereocenters. The fourth-order valence-corrected chi connectivity index (χ4v) is 1.98. The molecule has 0 radical (unpaired) electrons. The Hall–Kier alpha value is -1.57. The fourth-order valence-electron chi connectivity index (χ4n) is 1.84. The molecule has 5 nitrogen and oxygen atoms in total. The minimum Gasteiger partial charge on any atom is -0.357 e. The number of hydrogen-bond acceptors (Lipinski definition) is 4. The largest absolute Gasteiger partial charge is 0.406 e. The number of alkyl halides is 3. The fraction of sp³-hybridized carbons (Fsp3) is 0.500. The highest BCUT2D eigenvalue weighted by Gasteiger charge is 2.39. The molecule has 1 saturated heterocycles. The summed E-state index contributed by atoms with van der Waals surface area (Å²) in [5, 5.41) is 2.87. The Morgan fingerprint density at radius 2 is 2.21 bits per heavy atom. The van der Waals surface area contributed by atoms with Crippen LogP contribution in [0, 0.1) is 0 Å². The van der Waals surface area contributed by atoms with E-state index in [1.165, 1.54) is 12.4 Å². The summed E-state index contributed by atoms with van der Waals surface area (Å²) in [6.45, 7) is -1.17. The smallest absolute Gasteiger partial charge is 0.357 e. The first-order valence-corrected chi connectivity index (χ1v) is 5.82. The molecule has 9 heteroatoms. The highest BCUT2D eigenvalue weighted by atomic mass is 35.5. The summed E-state index contributed by atoms with van der Waals surface area (Å²) < 4.78 is 36.7. The number of hydrogen-bond donors (Lipinski definition) is 1. The van der Waals surface area contributed by atoms with Gasteiger partial charge in [0.1, 0.15) is 23.6 Å². The van der Waals surface area contributed by atoms with Crippen molar-refractivity contribution in [2.24, 2.45) is 0 Å². The van der Waals surface area contributed by atoms with Gasteiger partial charge in [0.2, 0.25) is 5.91 Å². The molecule has 1 aromatic rings. The Morgan fingerprint density at radius 1 is 1.47 bits per heavy atom. The molecule has 2 rings (SSSR count). The van der Waals surface area contributed by atoms with Crippen LogP contribution >= 0.6 is 11.6 Å². The highest BCUT2D eigenvalue weighted by molar-refractivity contribution is 6.29. The molecule has 1 fully saturated rings. The van der Waals surface area contributed by atoms with E-state index in [4.69, 9.17) is 11.6 Å². The van der Waals surface area contributed by atoms with Crippen molar-refractivity contribution in [3.05, 3.63) is 17.5 Å². The summed E-state index contributed by atoms with van der Waals surface area (Å²) in [4.78, 5) is 20.2. The van der Waals surface area contributed by atoms with Gasteiger partial charge in [-0.3, -0.25) is 9.78 Å². The number of likely N-dealkylation sites (tertiary alicyclic amines) is 1. The lowest BCUT2D eigenvalue weighted by molar-refractivity contribution is -0.157. The molecule has 0 bridgehead atoms. The molecule has 2 heterocycles. The van der Waals surface area contributed by atoms with Crippen LogP contribution in [-0.2, 0) is 4.79 Å². The zero-order chi connectivity index (χ0) is 14.0. The molecule has 0 aromatic carbocycles. The van der Waals surface area contributed by atoms with Gasteiger partial charge >= 0.3 is 6.18 Å². The van der Waals surface area contributed by atoms with E-state index in [0.29, 0.717) is 0 Å². The summed E-state index contributed by atoms with van der Waals surface area (Å²) in [5.74, 6) is -0.334. The number of amides is 1. The number of halogens is 4. The Labute approximate surface area is 111 Å². The highest BCUT2D eigenvalue weighted by Crippen LogP contribution is 2.22. The second kappa shape index (κ2) is 5.20. The molecule has 1 atom stereocenters. The van der Waals surface area contributed by atoms with Crippen molar-refractivity contribution in [1.82, 2.24) is 14.9 Å². The third-order valence-electron chi connectivity index (χ3n) is 2.59. The van der Waals surface area contributed by atoms with Gasteiger partial charge in [-0.25, -0.2) is 4.98 Å². The van der Waals surface area contributed by atoms with Gasteiger partial charge in [-0.1, -0.05) is 11.6 Å². The zero-order valence-corrected chi connectivity index (χ0v) is 10.4. The van der Waals surface area contributed by atoms with E-state index in [9.17, 15) is 18.0 Å². The molecular formula is C10H10ClF3N4O. The normalized spacial score (nSPS) is 19.9. The first-order valence-electron chi connectivity index (χ1n) is 5.45. The molecular weight excluding hydrogens is 285 g/mol. The van der Waals surface area contributed by atoms with Crippen LogP contribution in [0.1, 0.15) is 6.42 Å². The van der Waals surface area contributed by atoms with Crippen molar-refractivity contribution in [2.45, 2.75) is 18.6 Å². The molecule has 104 valence electrons. The SMILES string of the molecule is O=C1C(Nc2cncc(Cl)n2)CCN1CC(F)(F)F. The molecule has 0 aliphatic carbocycles. The average Bonchev–Trinajstić information content (AvgIpc) is 2.60. The molecule has 19 heavy (non-hydrogen) atoms. The van der Waals surface area contributed by atoms with E-state index in [1.54, 1.807) is 0 Å². The van der Waals surface area contributed by atoms with Crippen LogP contribution in [0.25, 0.3) is 0 Å². The van der Waals surface area contributed by atoms with Crippen LogP contribution < -0.4 is 5.32 Å². The summed E-state index contributed by atoms with van der Waals surface area (Å²) in [5.41, 5.74) is 0. The average molecular weight is 295 g/mol. The number of carbonyl (C=O) groups is 1. The Kier molecular flexibility index (Phi) is 3.79. The molecule has 1 N–H and O–H groups in total. The third-order valence-corrected chi connectivity index (χ3v) is 2.78. The molecule has 1 amide bonds. The van der Waals surface area contributed by atoms with Crippen molar-refractivity contribution in [2.75, 3.05) is 18.4 Å². The molecule has 0 spiro atoms. The van der Waals surface area contributed by atoms with E-state index in [0.717, 1.165) is 4.90 Å². The van der Waals surface area contributed by atoms with Crippen LogP contribution in [0.5, 0.6) is 0 Å². The maximum absolute atomic E-state index is 12.2. The van der Waals surface area contributed by atoms with E-state index >= 15 is 0 Å². The molecule has 1 aliphatic rings. The maximum Gasteiger partial charge on any atom is 0.406 e. The molecule has 0 saturated carbocycles. The minimum atomic E-state index is -4.39. The van der Waals surface area contributed by atoms with Crippen LogP contribution in [0.2, 0.25) is 5.15 Å². The van der Waals surface area contributed by atoms with Crippen LogP contribution in [0.4, 0.5) is 19.0 Å². The second-order valence-corrected chi connectivity index (χ2v) is 4.47. The lowest BCUT2D eigenvalue weighted by atomic mass is 10.2. The quantitative estimate of drug-likeness (QED) is 0.922. The minimum absolute atomic E-state index is 0.0595. The number of nitrogens with one attached hydrogen (secondary N) is 1. The van der Waals surface area contributed by atoms with E-state index in [1.807, 2.05) is 0 Å². The van der Waals surface area contributed by atoms with Gasteiger partial charge in [-0.05, 0) is 6.42 Å². The van der Waals surface area contributed by atoms with Gasteiger partial charge in [0, 0.05) is 6.54 Å². The van der Waals surface area contributed by atoms with Gasteiger partial charge in [0.05, 0.1) is 12.4 Å². The second-order valence-electron chi connectivity index (χ2n) is 4.09. The van der Waals surface area contributed by atoms with Crippen molar-refractivity contribution >= 4 is 23.3 Å².